The Labute approximate surface area is 450 Å². The van der Waals surface area contributed by atoms with Gasteiger partial charge in [-0.05, 0) is 70.6 Å². The first-order chi connectivity index (χ1) is 35.8. The van der Waals surface area contributed by atoms with E-state index in [1.165, 1.54) is 225 Å². The summed E-state index contributed by atoms with van der Waals surface area (Å²) in [5, 5.41) is 54.4. The number of hydrogen-bond acceptors (Lipinski definition) is 8. The van der Waals surface area contributed by atoms with E-state index in [0.29, 0.717) is 6.42 Å². The first kappa shape index (κ1) is 69.2. The normalized spacial score (nSPS) is 19.4. The molecule has 0 aromatic carbocycles. The van der Waals surface area contributed by atoms with Gasteiger partial charge in [0.05, 0.1) is 25.4 Å². The van der Waals surface area contributed by atoms with Crippen LogP contribution >= 0.6 is 0 Å². The largest absolute Gasteiger partial charge is 0.394 e. The second kappa shape index (κ2) is 53.5. The van der Waals surface area contributed by atoms with E-state index in [-0.39, 0.29) is 12.5 Å². The van der Waals surface area contributed by atoms with E-state index in [4.69, 9.17) is 9.47 Å². The van der Waals surface area contributed by atoms with Gasteiger partial charge >= 0.3 is 0 Å². The van der Waals surface area contributed by atoms with Gasteiger partial charge in [-0.2, -0.15) is 0 Å². The Hall–Kier alpha value is -1.85. The minimum atomic E-state index is -1.57. The van der Waals surface area contributed by atoms with Crippen LogP contribution in [0.3, 0.4) is 0 Å². The van der Waals surface area contributed by atoms with Gasteiger partial charge in [-0.1, -0.05) is 268 Å². The Morgan fingerprint density at radius 2 is 0.781 bits per heavy atom. The zero-order valence-electron chi connectivity index (χ0n) is 47.6. The van der Waals surface area contributed by atoms with Crippen LogP contribution in [0, 0.1) is 0 Å². The predicted octanol–water partition coefficient (Wildman–Crippen LogP) is 16.1. The van der Waals surface area contributed by atoms with E-state index in [0.717, 1.165) is 51.4 Å². The van der Waals surface area contributed by atoms with Gasteiger partial charge in [-0.25, -0.2) is 0 Å². The Balaban J connectivity index is 2.10. The number of unbranched alkanes of at least 4 members (excludes halogenated alkanes) is 38. The molecule has 0 aromatic rings. The number of rotatable bonds is 54. The number of carbonyl (C=O) groups is 1. The monoisotopic (exact) mass is 1030 g/mol. The summed E-state index contributed by atoms with van der Waals surface area (Å²) in [4.78, 5) is 13.1. The molecule has 0 spiro atoms. The summed E-state index contributed by atoms with van der Waals surface area (Å²) in [7, 11) is 0. The standard InChI is InChI=1S/C64H119NO8/c1-3-5-7-9-11-13-15-17-19-20-21-22-23-24-25-26-27-28-29-30-31-32-33-34-35-36-37-38-40-42-44-46-48-50-52-54-60(68)65-57(56-72-64-63(71)62(70)61(69)59(55-66)73-64)58(67)53-51-49-47-45-43-41-39-18-16-14-12-10-8-6-4-2/h16,18,20-21,43,45,51,53,57-59,61-64,66-67,69-71H,3-15,17,19,22-42,44,46-50,52,54-56H2,1-2H3,(H,65,68)/b18-16+,21-20-,45-43+,53-51+. The number of aliphatic hydroxyl groups excluding tert-OH is 5. The number of nitrogens with one attached hydrogen (secondary N) is 1. The van der Waals surface area contributed by atoms with Crippen molar-refractivity contribution < 1.29 is 39.8 Å². The van der Waals surface area contributed by atoms with Crippen LogP contribution in [0.5, 0.6) is 0 Å². The summed E-state index contributed by atoms with van der Waals surface area (Å²) in [5.41, 5.74) is 0. The van der Waals surface area contributed by atoms with Gasteiger partial charge in [0, 0.05) is 6.42 Å². The third-order valence-electron chi connectivity index (χ3n) is 14.9. The highest BCUT2D eigenvalue weighted by molar-refractivity contribution is 5.76. The molecule has 1 saturated heterocycles. The third-order valence-corrected chi connectivity index (χ3v) is 14.9. The lowest BCUT2D eigenvalue weighted by atomic mass is 9.99. The van der Waals surface area contributed by atoms with Crippen LogP contribution in [0.15, 0.2) is 48.6 Å². The van der Waals surface area contributed by atoms with E-state index in [2.05, 4.69) is 55.6 Å². The number of hydrogen-bond donors (Lipinski definition) is 6. The molecular formula is C64H119NO8. The number of carbonyl (C=O) groups excluding carboxylic acids is 1. The summed E-state index contributed by atoms with van der Waals surface area (Å²) in [5.74, 6) is -0.187. The molecule has 0 radical (unpaired) electrons. The molecule has 9 heteroatoms. The maximum atomic E-state index is 13.1. The average Bonchev–Trinajstić information content (AvgIpc) is 3.39. The van der Waals surface area contributed by atoms with Crippen molar-refractivity contribution in [3.8, 4) is 0 Å². The highest BCUT2D eigenvalue weighted by Crippen LogP contribution is 2.23. The molecule has 1 amide bonds. The SMILES string of the molecule is CCCCCCC/C=C/CC/C=C/CC/C=C/C(O)C(COC1OC(CO)C(O)C(O)C1O)NC(=O)CCCCCCCCCCCCCCCCCCCCCCCCC/C=C\CCCCCCCCCC. The molecule has 7 unspecified atom stereocenters. The van der Waals surface area contributed by atoms with E-state index < -0.39 is 49.5 Å². The van der Waals surface area contributed by atoms with Crippen molar-refractivity contribution in [3.05, 3.63) is 48.6 Å². The molecule has 1 heterocycles. The minimum Gasteiger partial charge on any atom is -0.394 e. The molecule has 0 bridgehead atoms. The van der Waals surface area contributed by atoms with Gasteiger partial charge < -0.3 is 40.3 Å². The van der Waals surface area contributed by atoms with Crippen molar-refractivity contribution in [3.63, 3.8) is 0 Å². The highest BCUT2D eigenvalue weighted by Gasteiger charge is 2.44. The second-order valence-corrected chi connectivity index (χ2v) is 21.8. The summed E-state index contributed by atoms with van der Waals surface area (Å²) < 4.78 is 11.2. The molecule has 1 aliphatic rings. The van der Waals surface area contributed by atoms with Crippen LogP contribution in [0.25, 0.3) is 0 Å². The topological polar surface area (TPSA) is 149 Å². The predicted molar refractivity (Wildman–Crippen MR) is 309 cm³/mol. The van der Waals surface area contributed by atoms with E-state index in [1.54, 1.807) is 6.08 Å². The molecule has 0 aliphatic carbocycles. The Morgan fingerprint density at radius 3 is 1.15 bits per heavy atom. The zero-order valence-corrected chi connectivity index (χ0v) is 47.6. The van der Waals surface area contributed by atoms with Crippen molar-refractivity contribution in [2.24, 2.45) is 0 Å². The van der Waals surface area contributed by atoms with Crippen LogP contribution in [0.4, 0.5) is 0 Å². The average molecular weight is 1030 g/mol. The first-order valence-electron chi connectivity index (χ1n) is 31.4. The van der Waals surface area contributed by atoms with Gasteiger partial charge in [-0.3, -0.25) is 4.79 Å². The molecule has 1 aliphatic heterocycles. The lowest BCUT2D eigenvalue weighted by molar-refractivity contribution is -0.302. The van der Waals surface area contributed by atoms with Gasteiger partial charge in [-0.15, -0.1) is 0 Å². The zero-order chi connectivity index (χ0) is 52.9. The van der Waals surface area contributed by atoms with Crippen LogP contribution in [0.2, 0.25) is 0 Å². The molecule has 6 N–H and O–H groups in total. The van der Waals surface area contributed by atoms with Gasteiger partial charge in [0.1, 0.15) is 24.4 Å². The van der Waals surface area contributed by atoms with Gasteiger partial charge in [0.2, 0.25) is 5.91 Å². The van der Waals surface area contributed by atoms with Crippen molar-refractivity contribution in [1.29, 1.82) is 0 Å². The highest BCUT2D eigenvalue weighted by atomic mass is 16.7. The van der Waals surface area contributed by atoms with Crippen molar-refractivity contribution in [2.75, 3.05) is 13.2 Å². The molecular weight excluding hydrogens is 911 g/mol. The Kier molecular flexibility index (Phi) is 50.7. The van der Waals surface area contributed by atoms with E-state index in [9.17, 15) is 30.3 Å². The quantitative estimate of drug-likeness (QED) is 0.0261. The smallest absolute Gasteiger partial charge is 0.220 e. The van der Waals surface area contributed by atoms with Crippen LogP contribution in [-0.2, 0) is 14.3 Å². The molecule has 428 valence electrons. The van der Waals surface area contributed by atoms with Crippen molar-refractivity contribution >= 4 is 5.91 Å². The number of allylic oxidation sites excluding steroid dienone is 7. The lowest BCUT2D eigenvalue weighted by Crippen LogP contribution is -2.60. The van der Waals surface area contributed by atoms with Crippen LogP contribution in [0.1, 0.15) is 296 Å². The Bertz CT molecular complexity index is 1290. The second-order valence-electron chi connectivity index (χ2n) is 21.8. The van der Waals surface area contributed by atoms with Crippen molar-refractivity contribution in [2.45, 2.75) is 339 Å². The summed E-state index contributed by atoms with van der Waals surface area (Å²) >= 11 is 0. The minimum absolute atomic E-state index is 0.187. The molecule has 1 rings (SSSR count). The fourth-order valence-electron chi connectivity index (χ4n) is 9.89. The van der Waals surface area contributed by atoms with Gasteiger partial charge in [0.25, 0.3) is 0 Å². The maximum Gasteiger partial charge on any atom is 0.220 e. The summed E-state index contributed by atoms with van der Waals surface area (Å²) in [6, 6.07) is -0.827. The van der Waals surface area contributed by atoms with Crippen molar-refractivity contribution in [1.82, 2.24) is 5.32 Å². The fourth-order valence-corrected chi connectivity index (χ4v) is 9.89. The van der Waals surface area contributed by atoms with E-state index >= 15 is 0 Å². The molecule has 7 atom stereocenters. The maximum absolute atomic E-state index is 13.1. The Morgan fingerprint density at radius 1 is 0.452 bits per heavy atom. The van der Waals surface area contributed by atoms with Gasteiger partial charge in [0.15, 0.2) is 6.29 Å². The lowest BCUT2D eigenvalue weighted by Gasteiger charge is -2.40. The van der Waals surface area contributed by atoms with Crippen LogP contribution in [-0.4, -0.2) is 87.5 Å². The number of ether oxygens (including phenoxy) is 2. The molecule has 73 heavy (non-hydrogen) atoms. The number of aliphatic hydroxyl groups is 5. The first-order valence-corrected chi connectivity index (χ1v) is 31.4. The molecule has 0 aromatic heterocycles. The number of amides is 1. The van der Waals surface area contributed by atoms with Crippen LogP contribution < -0.4 is 5.32 Å². The fraction of sp³-hybridized carbons (Fsp3) is 0.859. The third kappa shape index (κ3) is 42.9. The molecule has 0 saturated carbocycles. The summed E-state index contributed by atoms with van der Waals surface area (Å²) in [6.45, 7) is 3.76. The van der Waals surface area contributed by atoms with E-state index in [1.807, 2.05) is 6.08 Å². The summed E-state index contributed by atoms with van der Waals surface area (Å²) in [6.07, 6.45) is 65.0. The molecule has 9 nitrogen and oxygen atoms in total. The molecule has 1 fully saturated rings.